The van der Waals surface area contributed by atoms with Gasteiger partial charge in [0, 0.05) is 12.5 Å². The molecule has 0 amide bonds. The fourth-order valence-electron chi connectivity index (χ4n) is 1.95. The second-order valence-corrected chi connectivity index (χ2v) is 6.23. The minimum atomic E-state index is -0.0574. The molecule has 1 heterocycles. The largest absolute Gasteiger partial charge is 0.492 e. The maximum Gasteiger partial charge on any atom is 0.177 e. The third-order valence-electron chi connectivity index (χ3n) is 3.17. The summed E-state index contributed by atoms with van der Waals surface area (Å²) in [5.41, 5.74) is 6.49. The molecule has 0 aliphatic rings. The minimum absolute atomic E-state index is 0.0574. The highest BCUT2D eigenvalue weighted by atomic mass is 32.1. The van der Waals surface area contributed by atoms with Crippen LogP contribution in [0.4, 0.5) is 10.7 Å². The first kappa shape index (κ1) is 16.8. The van der Waals surface area contributed by atoms with Crippen molar-refractivity contribution >= 4 is 27.8 Å². The van der Waals surface area contributed by atoms with E-state index in [0.29, 0.717) is 16.3 Å². The van der Waals surface area contributed by atoms with E-state index >= 15 is 0 Å². The first-order valence-electron chi connectivity index (χ1n) is 7.27. The molecule has 0 unspecified atom stereocenters. The van der Waals surface area contributed by atoms with Crippen LogP contribution in [0.2, 0.25) is 0 Å². The summed E-state index contributed by atoms with van der Waals surface area (Å²) in [5.74, 6) is 0.623. The van der Waals surface area contributed by atoms with Crippen molar-refractivity contribution < 1.29 is 9.53 Å². The second-order valence-electron chi connectivity index (χ2n) is 5.21. The van der Waals surface area contributed by atoms with Gasteiger partial charge in [0.1, 0.15) is 5.00 Å². The van der Waals surface area contributed by atoms with E-state index in [9.17, 15) is 4.79 Å². The monoisotopic (exact) mass is 298 g/mol. The maximum absolute atomic E-state index is 12.1. The molecule has 114 valence electrons. The van der Waals surface area contributed by atoms with Crippen molar-refractivity contribution in [3.05, 3.63) is 4.88 Å². The van der Waals surface area contributed by atoms with Crippen molar-refractivity contribution in [3.63, 3.8) is 0 Å². The smallest absolute Gasteiger partial charge is 0.177 e. The van der Waals surface area contributed by atoms with Crippen LogP contribution in [-0.2, 0) is 0 Å². The molecule has 0 aliphatic carbocycles. The highest BCUT2D eigenvalue weighted by Gasteiger charge is 2.23. The zero-order valence-corrected chi connectivity index (χ0v) is 13.7. The molecule has 1 aromatic rings. The number of methoxy groups -OCH3 is 1. The van der Waals surface area contributed by atoms with Crippen molar-refractivity contribution in [2.45, 2.75) is 46.5 Å². The Bertz CT molecular complexity index is 441. The van der Waals surface area contributed by atoms with Crippen molar-refractivity contribution in [1.29, 1.82) is 0 Å². The Hall–Kier alpha value is -1.23. The molecule has 0 aliphatic heterocycles. The highest BCUT2D eigenvalue weighted by Crippen LogP contribution is 2.43. The molecule has 0 aromatic carbocycles. The molecule has 0 bridgehead atoms. The topological polar surface area (TPSA) is 64.4 Å². The summed E-state index contributed by atoms with van der Waals surface area (Å²) >= 11 is 1.40. The Morgan fingerprint density at radius 3 is 2.60 bits per heavy atom. The van der Waals surface area contributed by atoms with Gasteiger partial charge in [0.25, 0.3) is 0 Å². The Balaban J connectivity index is 2.75. The summed E-state index contributed by atoms with van der Waals surface area (Å²) in [6, 6.07) is 0. The summed E-state index contributed by atoms with van der Waals surface area (Å²) in [6.07, 6.45) is 4.80. The zero-order chi connectivity index (χ0) is 15.1. The summed E-state index contributed by atoms with van der Waals surface area (Å²) in [5, 5.41) is 4.21. The van der Waals surface area contributed by atoms with E-state index in [4.69, 9.17) is 10.5 Å². The average Bonchev–Trinajstić information content (AvgIpc) is 2.73. The van der Waals surface area contributed by atoms with Crippen molar-refractivity contribution in [1.82, 2.24) is 0 Å². The molecule has 1 aromatic heterocycles. The molecule has 0 fully saturated rings. The molecule has 0 saturated carbocycles. The van der Waals surface area contributed by atoms with E-state index in [0.717, 1.165) is 18.0 Å². The lowest BCUT2D eigenvalue weighted by molar-refractivity contribution is 0.0944. The number of ketones is 1. The summed E-state index contributed by atoms with van der Waals surface area (Å²) < 4.78 is 5.34. The lowest BCUT2D eigenvalue weighted by atomic mass is 10.1. The maximum atomic E-state index is 12.1. The van der Waals surface area contributed by atoms with E-state index in [1.807, 2.05) is 13.8 Å². The van der Waals surface area contributed by atoms with Gasteiger partial charge in [-0.05, 0) is 6.42 Å². The van der Waals surface area contributed by atoms with E-state index in [2.05, 4.69) is 12.2 Å². The Kier molecular flexibility index (Phi) is 6.85. The standard InChI is InChI=1S/C15H26N2O2S/c1-5-6-7-8-9-17-15-13(19-4)11(16)14(20-15)12(18)10(2)3/h10,17H,5-9,16H2,1-4H3. The predicted octanol–water partition coefficient (Wildman–Crippen LogP) is 4.17. The van der Waals surface area contributed by atoms with Crippen LogP contribution in [0.15, 0.2) is 0 Å². The van der Waals surface area contributed by atoms with E-state index in [1.165, 1.54) is 30.6 Å². The van der Waals surface area contributed by atoms with Gasteiger partial charge in [0.05, 0.1) is 17.7 Å². The number of thiophene rings is 1. The molecule has 0 saturated heterocycles. The second kappa shape index (κ2) is 8.15. The molecule has 20 heavy (non-hydrogen) atoms. The fourth-order valence-corrected chi connectivity index (χ4v) is 3.15. The minimum Gasteiger partial charge on any atom is -0.492 e. The number of anilines is 2. The number of hydrogen-bond donors (Lipinski definition) is 2. The van der Waals surface area contributed by atoms with Crippen LogP contribution in [0.1, 0.15) is 56.1 Å². The number of ether oxygens (including phenoxy) is 1. The van der Waals surface area contributed by atoms with Crippen molar-refractivity contribution in [2.24, 2.45) is 5.92 Å². The molecule has 3 N–H and O–H groups in total. The van der Waals surface area contributed by atoms with E-state index in [-0.39, 0.29) is 11.7 Å². The number of carbonyl (C=O) groups is 1. The zero-order valence-electron chi connectivity index (χ0n) is 12.9. The Morgan fingerprint density at radius 1 is 1.35 bits per heavy atom. The van der Waals surface area contributed by atoms with Crippen LogP contribution >= 0.6 is 11.3 Å². The molecule has 0 spiro atoms. The number of carbonyl (C=O) groups excluding carboxylic acids is 1. The SMILES string of the molecule is CCCCCCNc1sc(C(=O)C(C)C)c(N)c1OC. The van der Waals surface area contributed by atoms with Crippen molar-refractivity contribution in [3.8, 4) is 5.75 Å². The Morgan fingerprint density at radius 2 is 2.05 bits per heavy atom. The number of nitrogens with one attached hydrogen (secondary N) is 1. The van der Waals surface area contributed by atoms with Crippen LogP contribution in [0.3, 0.4) is 0 Å². The molecular weight excluding hydrogens is 272 g/mol. The van der Waals surface area contributed by atoms with E-state index in [1.54, 1.807) is 7.11 Å². The third kappa shape index (κ3) is 4.13. The summed E-state index contributed by atoms with van der Waals surface area (Å²) in [4.78, 5) is 12.7. The summed E-state index contributed by atoms with van der Waals surface area (Å²) in [7, 11) is 1.59. The fraction of sp³-hybridized carbons (Fsp3) is 0.667. The molecule has 5 heteroatoms. The first-order valence-corrected chi connectivity index (χ1v) is 8.08. The van der Waals surface area contributed by atoms with Crippen LogP contribution in [0, 0.1) is 5.92 Å². The predicted molar refractivity (Wildman–Crippen MR) is 87.1 cm³/mol. The van der Waals surface area contributed by atoms with Gasteiger partial charge in [0.15, 0.2) is 11.5 Å². The van der Waals surface area contributed by atoms with E-state index < -0.39 is 0 Å². The van der Waals surface area contributed by atoms with Crippen LogP contribution in [-0.4, -0.2) is 19.4 Å². The number of nitrogen functional groups attached to an aromatic ring is 1. The van der Waals surface area contributed by atoms with Crippen LogP contribution in [0.5, 0.6) is 5.75 Å². The molecule has 0 radical (unpaired) electrons. The van der Waals surface area contributed by atoms with Gasteiger partial charge >= 0.3 is 0 Å². The lowest BCUT2D eigenvalue weighted by Crippen LogP contribution is -2.07. The number of rotatable bonds is 9. The molecule has 4 nitrogen and oxygen atoms in total. The molecule has 0 atom stereocenters. The Labute approximate surface area is 125 Å². The quantitative estimate of drug-likeness (QED) is 0.530. The van der Waals surface area contributed by atoms with Gasteiger partial charge in [-0.2, -0.15) is 0 Å². The number of unbranched alkanes of at least 4 members (excludes halogenated alkanes) is 3. The molecule has 1 rings (SSSR count). The normalized spacial score (nSPS) is 10.8. The molecular formula is C15H26N2O2S. The van der Waals surface area contributed by atoms with Crippen LogP contribution < -0.4 is 15.8 Å². The van der Waals surface area contributed by atoms with Crippen molar-refractivity contribution in [2.75, 3.05) is 24.7 Å². The highest BCUT2D eigenvalue weighted by molar-refractivity contribution is 7.19. The van der Waals surface area contributed by atoms with Gasteiger partial charge < -0.3 is 15.8 Å². The lowest BCUT2D eigenvalue weighted by Gasteiger charge is -2.06. The summed E-state index contributed by atoms with van der Waals surface area (Å²) in [6.45, 7) is 6.84. The van der Waals surface area contributed by atoms with Gasteiger partial charge in [-0.15, -0.1) is 11.3 Å². The number of hydrogen-bond acceptors (Lipinski definition) is 5. The first-order chi connectivity index (χ1) is 9.52. The van der Waals surface area contributed by atoms with Crippen LogP contribution in [0.25, 0.3) is 0 Å². The van der Waals surface area contributed by atoms with Gasteiger partial charge in [-0.3, -0.25) is 4.79 Å². The van der Waals surface area contributed by atoms with Gasteiger partial charge in [0.2, 0.25) is 0 Å². The average molecular weight is 298 g/mol. The van der Waals surface area contributed by atoms with Gasteiger partial charge in [-0.1, -0.05) is 40.0 Å². The van der Waals surface area contributed by atoms with Gasteiger partial charge in [-0.25, -0.2) is 0 Å². The number of nitrogens with two attached hydrogens (primary N) is 1. The third-order valence-corrected chi connectivity index (χ3v) is 4.33. The number of Topliss-reactive ketones (excluding diaryl/α,β-unsaturated/α-hetero) is 1.